The van der Waals surface area contributed by atoms with E-state index in [1.807, 2.05) is 36.4 Å². The minimum atomic E-state index is -0.0860. The molecule has 2 aromatic carbocycles. The molecule has 0 saturated carbocycles. The van der Waals surface area contributed by atoms with Crippen molar-refractivity contribution in [3.63, 3.8) is 0 Å². The lowest BCUT2D eigenvalue weighted by Gasteiger charge is -2.06. The van der Waals surface area contributed by atoms with E-state index >= 15 is 0 Å². The van der Waals surface area contributed by atoms with E-state index in [1.54, 1.807) is 19.2 Å². The van der Waals surface area contributed by atoms with Crippen LogP contribution >= 0.6 is 15.9 Å². The van der Waals surface area contributed by atoms with Gasteiger partial charge < -0.3 is 10.1 Å². The quantitative estimate of drug-likeness (QED) is 0.938. The molecule has 0 saturated heterocycles. The topological polar surface area (TPSA) is 38.3 Å². The van der Waals surface area contributed by atoms with Crippen LogP contribution in [0.5, 0.6) is 5.75 Å². The molecule has 0 fully saturated rings. The summed E-state index contributed by atoms with van der Waals surface area (Å²) in [5.41, 5.74) is 1.67. The van der Waals surface area contributed by atoms with Gasteiger partial charge in [0.2, 0.25) is 0 Å². The second-order valence-corrected chi connectivity index (χ2v) is 4.96. The normalized spacial score (nSPS) is 10.0. The Morgan fingerprint density at radius 3 is 2.58 bits per heavy atom. The fraction of sp³-hybridized carbons (Fsp3) is 0.133. The number of halogens is 1. The molecular formula is C15H14BrNO2. The summed E-state index contributed by atoms with van der Waals surface area (Å²) in [5.74, 6) is 0.721. The van der Waals surface area contributed by atoms with E-state index in [1.165, 1.54) is 0 Å². The number of amides is 1. The molecule has 0 aliphatic carbocycles. The number of methoxy groups -OCH3 is 1. The van der Waals surface area contributed by atoms with Crippen molar-refractivity contribution in [2.75, 3.05) is 7.11 Å². The molecule has 2 rings (SSSR count). The third kappa shape index (κ3) is 3.83. The predicted octanol–water partition coefficient (Wildman–Crippen LogP) is 3.39. The molecule has 0 radical (unpaired) electrons. The van der Waals surface area contributed by atoms with Crippen LogP contribution in [-0.2, 0) is 6.54 Å². The SMILES string of the molecule is COc1ccc(CNC(=O)c2cccc(Br)c2)cc1. The maximum atomic E-state index is 11.9. The average Bonchev–Trinajstić information content (AvgIpc) is 2.45. The molecule has 2 aromatic rings. The molecule has 1 amide bonds. The van der Waals surface area contributed by atoms with Gasteiger partial charge in [0.25, 0.3) is 5.91 Å². The molecule has 4 heteroatoms. The van der Waals surface area contributed by atoms with Crippen LogP contribution < -0.4 is 10.1 Å². The largest absolute Gasteiger partial charge is 0.497 e. The molecule has 0 heterocycles. The molecule has 0 aliphatic rings. The highest BCUT2D eigenvalue weighted by Gasteiger charge is 2.05. The lowest BCUT2D eigenvalue weighted by Crippen LogP contribution is -2.22. The minimum Gasteiger partial charge on any atom is -0.497 e. The van der Waals surface area contributed by atoms with Gasteiger partial charge in [-0.25, -0.2) is 0 Å². The van der Waals surface area contributed by atoms with Crippen LogP contribution in [0, 0.1) is 0 Å². The van der Waals surface area contributed by atoms with Crippen molar-refractivity contribution in [1.29, 1.82) is 0 Å². The Kier molecular flexibility index (Phi) is 4.58. The minimum absolute atomic E-state index is 0.0860. The Morgan fingerprint density at radius 2 is 1.95 bits per heavy atom. The van der Waals surface area contributed by atoms with E-state index in [-0.39, 0.29) is 5.91 Å². The first kappa shape index (κ1) is 13.6. The zero-order valence-corrected chi connectivity index (χ0v) is 12.1. The van der Waals surface area contributed by atoms with Crippen LogP contribution in [0.25, 0.3) is 0 Å². The highest BCUT2D eigenvalue weighted by molar-refractivity contribution is 9.10. The first-order valence-electron chi connectivity index (χ1n) is 5.86. The molecule has 1 N–H and O–H groups in total. The van der Waals surface area contributed by atoms with Gasteiger partial charge in [-0.2, -0.15) is 0 Å². The first-order chi connectivity index (χ1) is 9.19. The van der Waals surface area contributed by atoms with Crippen LogP contribution in [0.15, 0.2) is 53.0 Å². The summed E-state index contributed by atoms with van der Waals surface area (Å²) >= 11 is 3.35. The number of ether oxygens (including phenoxy) is 1. The molecule has 3 nitrogen and oxygen atoms in total. The summed E-state index contributed by atoms with van der Waals surface area (Å²) in [6, 6.07) is 14.9. The third-order valence-corrected chi connectivity index (χ3v) is 3.19. The second kappa shape index (κ2) is 6.38. The Balaban J connectivity index is 1.96. The molecular weight excluding hydrogens is 306 g/mol. The van der Waals surface area contributed by atoms with Crippen LogP contribution in [0.3, 0.4) is 0 Å². The van der Waals surface area contributed by atoms with E-state index in [2.05, 4.69) is 21.2 Å². The Bertz CT molecular complexity index is 567. The summed E-state index contributed by atoms with van der Waals surface area (Å²) in [6.45, 7) is 0.495. The van der Waals surface area contributed by atoms with Gasteiger partial charge >= 0.3 is 0 Å². The van der Waals surface area contributed by atoms with E-state index in [9.17, 15) is 4.79 Å². The summed E-state index contributed by atoms with van der Waals surface area (Å²) in [5, 5.41) is 2.88. The summed E-state index contributed by atoms with van der Waals surface area (Å²) in [7, 11) is 1.63. The van der Waals surface area contributed by atoms with E-state index in [0.29, 0.717) is 12.1 Å². The maximum Gasteiger partial charge on any atom is 0.251 e. The summed E-state index contributed by atoms with van der Waals surface area (Å²) < 4.78 is 5.98. The monoisotopic (exact) mass is 319 g/mol. The smallest absolute Gasteiger partial charge is 0.251 e. The number of benzene rings is 2. The van der Waals surface area contributed by atoms with Gasteiger partial charge in [0.05, 0.1) is 7.11 Å². The Labute approximate surface area is 120 Å². The number of carbonyl (C=O) groups is 1. The first-order valence-corrected chi connectivity index (χ1v) is 6.65. The number of rotatable bonds is 4. The van der Waals surface area contributed by atoms with Gasteiger partial charge in [0.1, 0.15) is 5.75 Å². The average molecular weight is 320 g/mol. The lowest BCUT2D eigenvalue weighted by molar-refractivity contribution is 0.0951. The molecule has 0 atom stereocenters. The van der Waals surface area contributed by atoms with Gasteiger partial charge in [-0.15, -0.1) is 0 Å². The second-order valence-electron chi connectivity index (χ2n) is 4.04. The summed E-state index contributed by atoms with van der Waals surface area (Å²) in [6.07, 6.45) is 0. The van der Waals surface area contributed by atoms with E-state index < -0.39 is 0 Å². The maximum absolute atomic E-state index is 11.9. The van der Waals surface area contributed by atoms with Gasteiger partial charge in [-0.3, -0.25) is 4.79 Å². The third-order valence-electron chi connectivity index (χ3n) is 2.70. The Hall–Kier alpha value is -1.81. The fourth-order valence-electron chi connectivity index (χ4n) is 1.66. The Morgan fingerprint density at radius 1 is 1.21 bits per heavy atom. The van der Waals surface area contributed by atoms with Crippen molar-refractivity contribution < 1.29 is 9.53 Å². The van der Waals surface area contributed by atoms with Crippen molar-refractivity contribution in [1.82, 2.24) is 5.32 Å². The van der Waals surface area contributed by atoms with Gasteiger partial charge in [0, 0.05) is 16.6 Å². The number of hydrogen-bond donors (Lipinski definition) is 1. The predicted molar refractivity (Wildman–Crippen MR) is 78.3 cm³/mol. The lowest BCUT2D eigenvalue weighted by atomic mass is 10.2. The number of nitrogens with one attached hydrogen (secondary N) is 1. The molecule has 98 valence electrons. The zero-order chi connectivity index (χ0) is 13.7. The number of carbonyl (C=O) groups excluding carboxylic acids is 1. The van der Waals surface area contributed by atoms with E-state index in [4.69, 9.17) is 4.74 Å². The van der Waals surface area contributed by atoms with Crippen molar-refractivity contribution in [2.45, 2.75) is 6.54 Å². The van der Waals surface area contributed by atoms with Crippen molar-refractivity contribution in [3.8, 4) is 5.75 Å². The molecule has 0 bridgehead atoms. The van der Waals surface area contributed by atoms with E-state index in [0.717, 1.165) is 15.8 Å². The fourth-order valence-corrected chi connectivity index (χ4v) is 2.06. The van der Waals surface area contributed by atoms with Crippen LogP contribution in [-0.4, -0.2) is 13.0 Å². The van der Waals surface area contributed by atoms with Crippen LogP contribution in [0.4, 0.5) is 0 Å². The summed E-state index contributed by atoms with van der Waals surface area (Å²) in [4.78, 5) is 11.9. The van der Waals surface area contributed by atoms with Gasteiger partial charge in [-0.05, 0) is 35.9 Å². The van der Waals surface area contributed by atoms with Crippen molar-refractivity contribution in [3.05, 3.63) is 64.1 Å². The standard InChI is InChI=1S/C15H14BrNO2/c1-19-14-7-5-11(6-8-14)10-17-15(18)12-3-2-4-13(16)9-12/h2-9H,10H2,1H3,(H,17,18). The van der Waals surface area contributed by atoms with Crippen LogP contribution in [0.1, 0.15) is 15.9 Å². The highest BCUT2D eigenvalue weighted by atomic mass is 79.9. The van der Waals surface area contributed by atoms with Crippen molar-refractivity contribution >= 4 is 21.8 Å². The molecule has 0 aromatic heterocycles. The van der Waals surface area contributed by atoms with Gasteiger partial charge in [-0.1, -0.05) is 34.1 Å². The molecule has 0 unspecified atom stereocenters. The molecule has 0 aliphatic heterocycles. The number of hydrogen-bond acceptors (Lipinski definition) is 2. The van der Waals surface area contributed by atoms with Gasteiger partial charge in [0.15, 0.2) is 0 Å². The van der Waals surface area contributed by atoms with Crippen molar-refractivity contribution in [2.24, 2.45) is 0 Å². The molecule has 0 spiro atoms. The molecule has 19 heavy (non-hydrogen) atoms. The van der Waals surface area contributed by atoms with Crippen LogP contribution in [0.2, 0.25) is 0 Å². The zero-order valence-electron chi connectivity index (χ0n) is 10.5. The highest BCUT2D eigenvalue weighted by Crippen LogP contribution is 2.13.